The van der Waals surface area contributed by atoms with Crippen LogP contribution < -0.4 is 4.74 Å². The van der Waals surface area contributed by atoms with E-state index in [9.17, 15) is 0 Å². The van der Waals surface area contributed by atoms with Crippen molar-refractivity contribution < 1.29 is 9.15 Å². The van der Waals surface area contributed by atoms with E-state index in [1.807, 2.05) is 49.4 Å². The molecule has 0 bridgehead atoms. The van der Waals surface area contributed by atoms with E-state index in [1.165, 1.54) is 0 Å². The van der Waals surface area contributed by atoms with Gasteiger partial charge in [-0.15, -0.1) is 0 Å². The third-order valence-corrected chi connectivity index (χ3v) is 2.84. The molecule has 0 fully saturated rings. The van der Waals surface area contributed by atoms with E-state index in [2.05, 4.69) is 4.98 Å². The Morgan fingerprint density at radius 1 is 1.11 bits per heavy atom. The van der Waals surface area contributed by atoms with Gasteiger partial charge in [-0.3, -0.25) is 4.98 Å². The summed E-state index contributed by atoms with van der Waals surface area (Å²) in [7, 11) is 0. The number of aryl methyl sites for hydroxylation is 1. The Morgan fingerprint density at radius 2 is 2.05 bits per heavy atom. The number of pyridine rings is 1. The monoisotopic (exact) mass is 251 g/mol. The van der Waals surface area contributed by atoms with Crippen LogP contribution in [0.3, 0.4) is 0 Å². The van der Waals surface area contributed by atoms with Crippen molar-refractivity contribution in [1.82, 2.24) is 4.98 Å². The van der Waals surface area contributed by atoms with E-state index < -0.39 is 0 Å². The number of furan rings is 1. The molecule has 3 nitrogen and oxygen atoms in total. The molecule has 1 aromatic carbocycles. The molecule has 2 heterocycles. The van der Waals surface area contributed by atoms with Gasteiger partial charge in [0.25, 0.3) is 0 Å². The minimum absolute atomic E-state index is 0.733. The van der Waals surface area contributed by atoms with Gasteiger partial charge in [0.05, 0.1) is 12.5 Å². The molecule has 3 rings (SSSR count). The van der Waals surface area contributed by atoms with Crippen LogP contribution in [0.2, 0.25) is 0 Å². The van der Waals surface area contributed by atoms with E-state index in [-0.39, 0.29) is 0 Å². The maximum atomic E-state index is 5.79. The Labute approximate surface area is 111 Å². The lowest BCUT2D eigenvalue weighted by atomic mass is 10.1. The normalized spacial score (nSPS) is 10.4. The Balaban J connectivity index is 1.88. The van der Waals surface area contributed by atoms with Crippen LogP contribution in [0.25, 0.3) is 11.3 Å². The largest absolute Gasteiger partial charge is 0.464 e. The minimum Gasteiger partial charge on any atom is -0.464 e. The molecule has 0 aliphatic carbocycles. The Morgan fingerprint density at radius 3 is 2.74 bits per heavy atom. The number of benzene rings is 1. The number of ether oxygens (including phenoxy) is 1. The first-order valence-electron chi connectivity index (χ1n) is 6.05. The highest BCUT2D eigenvalue weighted by molar-refractivity contribution is 5.60. The highest BCUT2D eigenvalue weighted by atomic mass is 16.5. The molecule has 3 aromatic rings. The zero-order valence-corrected chi connectivity index (χ0v) is 10.5. The number of aromatic nitrogens is 1. The summed E-state index contributed by atoms with van der Waals surface area (Å²) in [6.45, 7) is 2.01. The Bertz CT molecular complexity index is 660. The van der Waals surface area contributed by atoms with E-state index in [0.717, 1.165) is 28.4 Å². The van der Waals surface area contributed by atoms with E-state index >= 15 is 0 Å². The maximum absolute atomic E-state index is 5.79. The first kappa shape index (κ1) is 11.5. The number of rotatable bonds is 3. The van der Waals surface area contributed by atoms with Gasteiger partial charge in [-0.05, 0) is 55.0 Å². The van der Waals surface area contributed by atoms with Crippen LogP contribution in [0.1, 0.15) is 5.56 Å². The molecular weight excluding hydrogens is 238 g/mol. The molecule has 0 spiro atoms. The fraction of sp³-hybridized carbons (Fsp3) is 0.0625. The summed E-state index contributed by atoms with van der Waals surface area (Å²) in [6.07, 6.45) is 5.09. The second-order valence-corrected chi connectivity index (χ2v) is 4.25. The molecule has 0 atom stereocenters. The first-order valence-corrected chi connectivity index (χ1v) is 6.05. The van der Waals surface area contributed by atoms with Crippen molar-refractivity contribution in [2.45, 2.75) is 6.92 Å². The molecule has 2 aromatic heterocycles. The Kier molecular flexibility index (Phi) is 3.02. The fourth-order valence-electron chi connectivity index (χ4n) is 1.89. The van der Waals surface area contributed by atoms with Crippen molar-refractivity contribution in [1.29, 1.82) is 0 Å². The minimum atomic E-state index is 0.733. The van der Waals surface area contributed by atoms with Crippen LogP contribution in [-0.2, 0) is 0 Å². The van der Waals surface area contributed by atoms with Gasteiger partial charge in [-0.25, -0.2) is 0 Å². The quantitative estimate of drug-likeness (QED) is 0.690. The lowest BCUT2D eigenvalue weighted by Crippen LogP contribution is -1.88. The molecule has 0 amide bonds. The van der Waals surface area contributed by atoms with Gasteiger partial charge in [0.15, 0.2) is 0 Å². The predicted molar refractivity (Wildman–Crippen MR) is 73.2 cm³/mol. The molecule has 94 valence electrons. The van der Waals surface area contributed by atoms with Gasteiger partial charge in [-0.2, -0.15) is 0 Å². The lowest BCUT2D eigenvalue weighted by molar-refractivity contribution is 0.476. The van der Waals surface area contributed by atoms with Crippen molar-refractivity contribution in [3.8, 4) is 22.8 Å². The zero-order valence-electron chi connectivity index (χ0n) is 10.5. The van der Waals surface area contributed by atoms with Crippen molar-refractivity contribution in [2.75, 3.05) is 0 Å². The molecule has 0 aliphatic heterocycles. The summed E-state index contributed by atoms with van der Waals surface area (Å²) in [4.78, 5) is 4.03. The van der Waals surface area contributed by atoms with Gasteiger partial charge < -0.3 is 9.15 Å². The van der Waals surface area contributed by atoms with Gasteiger partial charge in [0, 0.05) is 11.8 Å². The molecule has 19 heavy (non-hydrogen) atoms. The van der Waals surface area contributed by atoms with Crippen LogP contribution in [0.15, 0.2) is 65.5 Å². The Hall–Kier alpha value is -2.55. The zero-order chi connectivity index (χ0) is 13.1. The smallest absolute Gasteiger partial charge is 0.145 e. The predicted octanol–water partition coefficient (Wildman–Crippen LogP) is 4.44. The summed E-state index contributed by atoms with van der Waals surface area (Å²) in [5.41, 5.74) is 2.10. The lowest BCUT2D eigenvalue weighted by Gasteiger charge is -2.09. The molecule has 3 heteroatoms. The van der Waals surface area contributed by atoms with Gasteiger partial charge in [0.2, 0.25) is 0 Å². The third-order valence-electron chi connectivity index (χ3n) is 2.84. The average molecular weight is 251 g/mol. The van der Waals surface area contributed by atoms with Crippen molar-refractivity contribution in [3.63, 3.8) is 0 Å². The standard InChI is InChI=1S/C16H13NO2/c1-12-10-13(16-5-3-9-18-16)6-7-15(12)19-14-4-2-8-17-11-14/h2-11H,1H3. The summed E-state index contributed by atoms with van der Waals surface area (Å²) in [5, 5.41) is 0. The van der Waals surface area contributed by atoms with Crippen LogP contribution in [0, 0.1) is 6.92 Å². The molecule has 0 saturated heterocycles. The SMILES string of the molecule is Cc1cc(-c2ccco2)ccc1Oc1cccnc1. The first-order chi connectivity index (χ1) is 9.33. The van der Waals surface area contributed by atoms with E-state index in [0.29, 0.717) is 0 Å². The van der Waals surface area contributed by atoms with Crippen LogP contribution >= 0.6 is 0 Å². The van der Waals surface area contributed by atoms with Crippen molar-refractivity contribution in [2.24, 2.45) is 0 Å². The third kappa shape index (κ3) is 2.50. The molecule has 0 N–H and O–H groups in total. The van der Waals surface area contributed by atoms with Crippen LogP contribution in [0.4, 0.5) is 0 Å². The van der Waals surface area contributed by atoms with Crippen LogP contribution in [0.5, 0.6) is 11.5 Å². The number of nitrogens with zero attached hydrogens (tertiary/aromatic N) is 1. The number of hydrogen-bond acceptors (Lipinski definition) is 3. The second kappa shape index (κ2) is 4.98. The van der Waals surface area contributed by atoms with Gasteiger partial charge in [0.1, 0.15) is 17.3 Å². The summed E-state index contributed by atoms with van der Waals surface area (Å²) in [5.74, 6) is 2.41. The fourth-order valence-corrected chi connectivity index (χ4v) is 1.89. The maximum Gasteiger partial charge on any atom is 0.145 e. The van der Waals surface area contributed by atoms with E-state index in [4.69, 9.17) is 9.15 Å². The summed E-state index contributed by atoms with van der Waals surface area (Å²) < 4.78 is 11.2. The average Bonchev–Trinajstić information content (AvgIpc) is 2.96. The highest BCUT2D eigenvalue weighted by Gasteiger charge is 2.06. The molecule has 0 aliphatic rings. The van der Waals surface area contributed by atoms with Gasteiger partial charge in [-0.1, -0.05) is 0 Å². The van der Waals surface area contributed by atoms with Crippen molar-refractivity contribution in [3.05, 3.63) is 66.7 Å². The van der Waals surface area contributed by atoms with Crippen LogP contribution in [-0.4, -0.2) is 4.98 Å². The molecule has 0 radical (unpaired) electrons. The molecule has 0 unspecified atom stereocenters. The highest BCUT2D eigenvalue weighted by Crippen LogP contribution is 2.29. The number of hydrogen-bond donors (Lipinski definition) is 0. The molecular formula is C16H13NO2. The topological polar surface area (TPSA) is 35.3 Å². The molecule has 0 saturated carbocycles. The van der Waals surface area contributed by atoms with E-state index in [1.54, 1.807) is 18.7 Å². The second-order valence-electron chi connectivity index (χ2n) is 4.25. The summed E-state index contributed by atoms with van der Waals surface area (Å²) in [6, 6.07) is 13.5. The summed E-state index contributed by atoms with van der Waals surface area (Å²) >= 11 is 0. The van der Waals surface area contributed by atoms with Gasteiger partial charge >= 0.3 is 0 Å². The van der Waals surface area contributed by atoms with Crippen molar-refractivity contribution >= 4 is 0 Å².